The van der Waals surface area contributed by atoms with Crippen LogP contribution in [0.1, 0.15) is 63.5 Å². The number of nitrogens with one attached hydrogen (secondary N) is 2. The van der Waals surface area contributed by atoms with Crippen molar-refractivity contribution < 1.29 is 14.3 Å². The summed E-state index contributed by atoms with van der Waals surface area (Å²) in [5, 5.41) is 17.6. The van der Waals surface area contributed by atoms with E-state index in [1.807, 2.05) is 12.1 Å². The van der Waals surface area contributed by atoms with Crippen molar-refractivity contribution >= 4 is 5.96 Å². The first-order valence-electron chi connectivity index (χ1n) is 12.4. The number of aliphatic hydroxyl groups is 1. The first-order chi connectivity index (χ1) is 15.3. The number of piperidine rings is 1. The number of hydrogen-bond donors (Lipinski definition) is 3. The summed E-state index contributed by atoms with van der Waals surface area (Å²) in [6, 6.07) is 4.72. The Hall–Kier alpha value is -1.57. The average Bonchev–Trinajstić information content (AvgIpc) is 3.33. The fourth-order valence-corrected chi connectivity index (χ4v) is 5.14. The molecule has 1 saturated carbocycles. The van der Waals surface area contributed by atoms with Crippen molar-refractivity contribution in [1.82, 2.24) is 15.5 Å². The second-order valence-corrected chi connectivity index (χ2v) is 9.31. The summed E-state index contributed by atoms with van der Waals surface area (Å²) in [4.78, 5) is 7.38. The van der Waals surface area contributed by atoms with Gasteiger partial charge in [-0.3, -0.25) is 9.89 Å². The molecule has 7 heteroatoms. The summed E-state index contributed by atoms with van der Waals surface area (Å²) < 4.78 is 11.3. The van der Waals surface area contributed by atoms with Crippen LogP contribution in [-0.4, -0.2) is 73.0 Å². The number of furan rings is 1. The van der Waals surface area contributed by atoms with Crippen molar-refractivity contribution in [3.8, 4) is 0 Å². The molecule has 2 saturated heterocycles. The number of nitrogens with zero attached hydrogens (tertiary/aromatic N) is 2. The molecule has 0 aromatic carbocycles. The van der Waals surface area contributed by atoms with Crippen LogP contribution in [0, 0.1) is 0 Å². The third-order valence-corrected chi connectivity index (χ3v) is 7.00. The SMILES string of the molecule is OC1CCCCC1N1CCC(NC(=NCC2CCCCO2)NCCc2ccco2)CC1. The lowest BCUT2D eigenvalue weighted by atomic mass is 9.89. The molecular weight excluding hydrogens is 392 g/mol. The zero-order chi connectivity index (χ0) is 21.3. The smallest absolute Gasteiger partial charge is 0.191 e. The molecule has 2 aliphatic heterocycles. The van der Waals surface area contributed by atoms with Gasteiger partial charge in [-0.05, 0) is 57.1 Å². The van der Waals surface area contributed by atoms with Gasteiger partial charge in [0.05, 0.1) is 25.0 Å². The fraction of sp³-hybridized carbons (Fsp3) is 0.792. The van der Waals surface area contributed by atoms with Gasteiger partial charge in [-0.1, -0.05) is 12.8 Å². The molecule has 7 nitrogen and oxygen atoms in total. The second kappa shape index (κ2) is 11.9. The molecule has 3 heterocycles. The maximum atomic E-state index is 10.4. The first-order valence-corrected chi connectivity index (χ1v) is 12.4. The topological polar surface area (TPSA) is 82.3 Å². The Labute approximate surface area is 186 Å². The van der Waals surface area contributed by atoms with Crippen molar-refractivity contribution in [2.24, 2.45) is 4.99 Å². The quantitative estimate of drug-likeness (QED) is 0.454. The molecule has 3 fully saturated rings. The maximum Gasteiger partial charge on any atom is 0.191 e. The van der Waals surface area contributed by atoms with E-state index in [4.69, 9.17) is 14.1 Å². The summed E-state index contributed by atoms with van der Waals surface area (Å²) in [6.07, 6.45) is 12.9. The summed E-state index contributed by atoms with van der Waals surface area (Å²) in [5.41, 5.74) is 0. The van der Waals surface area contributed by atoms with Crippen LogP contribution in [0.15, 0.2) is 27.8 Å². The van der Waals surface area contributed by atoms with Crippen LogP contribution in [0.4, 0.5) is 0 Å². The summed E-state index contributed by atoms with van der Waals surface area (Å²) in [5.74, 6) is 1.87. The molecule has 4 rings (SSSR count). The number of ether oxygens (including phenoxy) is 1. The van der Waals surface area contributed by atoms with Crippen molar-refractivity contribution in [3.63, 3.8) is 0 Å². The maximum absolute atomic E-state index is 10.4. The molecule has 1 aromatic rings. The van der Waals surface area contributed by atoms with Crippen molar-refractivity contribution in [1.29, 1.82) is 0 Å². The van der Waals surface area contributed by atoms with Gasteiger partial charge in [0.1, 0.15) is 5.76 Å². The Kier molecular flexibility index (Phi) is 8.67. The first kappa shape index (κ1) is 22.6. The highest BCUT2D eigenvalue weighted by molar-refractivity contribution is 5.80. The average molecular weight is 433 g/mol. The highest BCUT2D eigenvalue weighted by Crippen LogP contribution is 2.26. The number of guanidine groups is 1. The minimum Gasteiger partial charge on any atom is -0.469 e. The molecule has 3 unspecified atom stereocenters. The number of likely N-dealkylation sites (tertiary alicyclic amines) is 1. The van der Waals surface area contributed by atoms with Crippen LogP contribution in [-0.2, 0) is 11.2 Å². The van der Waals surface area contributed by atoms with E-state index in [1.165, 1.54) is 25.7 Å². The molecule has 0 bridgehead atoms. The molecule has 3 atom stereocenters. The van der Waals surface area contributed by atoms with E-state index in [0.717, 1.165) is 76.5 Å². The van der Waals surface area contributed by atoms with Gasteiger partial charge >= 0.3 is 0 Å². The molecule has 0 amide bonds. The number of hydrogen-bond acceptors (Lipinski definition) is 5. The number of aliphatic hydroxyl groups excluding tert-OH is 1. The Balaban J connectivity index is 1.27. The molecule has 3 aliphatic rings. The van der Waals surface area contributed by atoms with E-state index >= 15 is 0 Å². The molecule has 1 aromatic heterocycles. The zero-order valence-corrected chi connectivity index (χ0v) is 18.8. The Morgan fingerprint density at radius 2 is 1.94 bits per heavy atom. The lowest BCUT2D eigenvalue weighted by Gasteiger charge is -2.41. The van der Waals surface area contributed by atoms with E-state index in [1.54, 1.807) is 6.26 Å². The lowest BCUT2D eigenvalue weighted by Crippen LogP contribution is -2.53. The van der Waals surface area contributed by atoms with Crippen molar-refractivity contribution in [3.05, 3.63) is 24.2 Å². The predicted octanol–water partition coefficient (Wildman–Crippen LogP) is 2.69. The Morgan fingerprint density at radius 1 is 1.10 bits per heavy atom. The molecule has 3 N–H and O–H groups in total. The molecular formula is C24H40N4O3. The molecule has 31 heavy (non-hydrogen) atoms. The Bertz CT molecular complexity index is 652. The number of aliphatic imine (C=N–C) groups is 1. The van der Waals surface area contributed by atoms with Crippen LogP contribution in [0.5, 0.6) is 0 Å². The summed E-state index contributed by atoms with van der Waals surface area (Å²) in [6.45, 7) is 4.46. The molecule has 0 spiro atoms. The van der Waals surface area contributed by atoms with Crippen LogP contribution in [0.25, 0.3) is 0 Å². The minimum atomic E-state index is -0.144. The van der Waals surface area contributed by atoms with Crippen LogP contribution in [0.2, 0.25) is 0 Å². The lowest BCUT2D eigenvalue weighted by molar-refractivity contribution is 0.00807. The van der Waals surface area contributed by atoms with E-state index in [0.29, 0.717) is 18.6 Å². The molecule has 0 radical (unpaired) electrons. The van der Waals surface area contributed by atoms with Crippen molar-refractivity contribution in [2.75, 3.05) is 32.8 Å². The second-order valence-electron chi connectivity index (χ2n) is 9.31. The van der Waals surface area contributed by atoms with Gasteiger partial charge in [0.2, 0.25) is 0 Å². The van der Waals surface area contributed by atoms with Crippen molar-refractivity contribution in [2.45, 2.75) is 88.5 Å². The summed E-state index contributed by atoms with van der Waals surface area (Å²) >= 11 is 0. The standard InChI is InChI=1S/C24H40N4O3/c29-23-9-2-1-8-22(23)28-14-11-19(12-15-28)27-24(25-13-10-20-7-5-17-30-20)26-18-21-6-3-4-16-31-21/h5,7,17,19,21-23,29H,1-4,6,8-16,18H2,(H2,25,26,27). The van der Waals surface area contributed by atoms with E-state index in [-0.39, 0.29) is 12.2 Å². The van der Waals surface area contributed by atoms with Gasteiger partial charge in [-0.15, -0.1) is 0 Å². The largest absolute Gasteiger partial charge is 0.469 e. The minimum absolute atomic E-state index is 0.144. The fourth-order valence-electron chi connectivity index (χ4n) is 5.14. The van der Waals surface area contributed by atoms with Gasteiger partial charge < -0.3 is 24.9 Å². The predicted molar refractivity (Wildman–Crippen MR) is 122 cm³/mol. The van der Waals surface area contributed by atoms with Crippen LogP contribution in [0.3, 0.4) is 0 Å². The van der Waals surface area contributed by atoms with E-state index in [9.17, 15) is 5.11 Å². The third-order valence-electron chi connectivity index (χ3n) is 7.00. The van der Waals surface area contributed by atoms with Gasteiger partial charge in [0.25, 0.3) is 0 Å². The normalized spacial score (nSPS) is 29.1. The highest BCUT2D eigenvalue weighted by atomic mass is 16.5. The van der Waals surface area contributed by atoms with E-state index < -0.39 is 0 Å². The third kappa shape index (κ3) is 6.96. The van der Waals surface area contributed by atoms with Gasteiger partial charge in [-0.25, -0.2) is 0 Å². The van der Waals surface area contributed by atoms with Gasteiger partial charge in [0.15, 0.2) is 5.96 Å². The summed E-state index contributed by atoms with van der Waals surface area (Å²) in [7, 11) is 0. The highest BCUT2D eigenvalue weighted by Gasteiger charge is 2.31. The van der Waals surface area contributed by atoms with Crippen LogP contribution < -0.4 is 10.6 Å². The monoisotopic (exact) mass is 432 g/mol. The Morgan fingerprint density at radius 3 is 2.68 bits per heavy atom. The molecule has 1 aliphatic carbocycles. The van der Waals surface area contributed by atoms with Gasteiger partial charge in [0, 0.05) is 44.7 Å². The zero-order valence-electron chi connectivity index (χ0n) is 18.8. The van der Waals surface area contributed by atoms with Crippen LogP contribution >= 0.6 is 0 Å². The van der Waals surface area contributed by atoms with E-state index in [2.05, 4.69) is 15.5 Å². The van der Waals surface area contributed by atoms with Gasteiger partial charge in [-0.2, -0.15) is 0 Å². The molecule has 174 valence electrons. The number of rotatable bonds is 7.